The molecule has 0 radical (unpaired) electrons. The lowest BCUT2D eigenvalue weighted by molar-refractivity contribution is 0.589. The summed E-state index contributed by atoms with van der Waals surface area (Å²) >= 11 is 0. The largest absolute Gasteiger partial charge is 0.383 e. The van der Waals surface area contributed by atoms with Crippen molar-refractivity contribution in [2.45, 2.75) is 6.42 Å². The van der Waals surface area contributed by atoms with Crippen LogP contribution in [-0.4, -0.2) is 42.7 Å². The minimum absolute atomic E-state index is 0.878. The third-order valence-corrected chi connectivity index (χ3v) is 4.64. The minimum Gasteiger partial charge on any atom is -0.383 e. The van der Waals surface area contributed by atoms with Crippen LogP contribution in [-0.2, 0) is 6.42 Å². The molecular formula is C20H23N5. The van der Waals surface area contributed by atoms with Gasteiger partial charge in [-0.3, -0.25) is 9.97 Å². The molecule has 4 rings (SSSR count). The van der Waals surface area contributed by atoms with Crippen molar-refractivity contribution in [3.05, 3.63) is 60.4 Å². The first-order valence-electron chi connectivity index (χ1n) is 8.88. The van der Waals surface area contributed by atoms with Crippen molar-refractivity contribution < 1.29 is 0 Å². The van der Waals surface area contributed by atoms with Gasteiger partial charge in [0.1, 0.15) is 5.52 Å². The lowest BCUT2D eigenvalue weighted by Crippen LogP contribution is -2.43. The standard InChI is InChI=1S/C20H23N5/c1-2-18-20(24-9-1)19(8-11-23-18)22-10-7-16-3-5-17(6-4-16)25-14-12-21-13-15-25/h1-6,8-9,11,21H,7,10,12-15H2,(H,22,23). The number of anilines is 2. The van der Waals surface area contributed by atoms with Gasteiger partial charge < -0.3 is 15.5 Å². The summed E-state index contributed by atoms with van der Waals surface area (Å²) in [7, 11) is 0. The maximum atomic E-state index is 4.43. The van der Waals surface area contributed by atoms with Gasteiger partial charge in [0.2, 0.25) is 0 Å². The summed E-state index contributed by atoms with van der Waals surface area (Å²) in [6.07, 6.45) is 4.62. The third kappa shape index (κ3) is 3.72. The Labute approximate surface area is 148 Å². The summed E-state index contributed by atoms with van der Waals surface area (Å²) in [6.45, 7) is 5.19. The second-order valence-corrected chi connectivity index (χ2v) is 6.31. The van der Waals surface area contributed by atoms with Crippen molar-refractivity contribution in [3.63, 3.8) is 0 Å². The molecule has 2 N–H and O–H groups in total. The van der Waals surface area contributed by atoms with Crippen molar-refractivity contribution >= 4 is 22.4 Å². The summed E-state index contributed by atoms with van der Waals surface area (Å²) in [6, 6.07) is 14.8. The number of pyridine rings is 2. The number of rotatable bonds is 5. The van der Waals surface area contributed by atoms with Gasteiger partial charge in [-0.05, 0) is 42.3 Å². The fourth-order valence-electron chi connectivity index (χ4n) is 3.26. The van der Waals surface area contributed by atoms with E-state index in [0.717, 1.165) is 55.9 Å². The van der Waals surface area contributed by atoms with Crippen molar-refractivity contribution in [1.29, 1.82) is 0 Å². The molecule has 1 aliphatic rings. The molecule has 1 aromatic carbocycles. The van der Waals surface area contributed by atoms with Crippen molar-refractivity contribution in [2.75, 3.05) is 42.9 Å². The Morgan fingerprint density at radius 3 is 2.64 bits per heavy atom. The number of hydrogen-bond donors (Lipinski definition) is 2. The van der Waals surface area contributed by atoms with E-state index < -0.39 is 0 Å². The van der Waals surface area contributed by atoms with E-state index >= 15 is 0 Å². The molecule has 0 bridgehead atoms. The zero-order valence-electron chi connectivity index (χ0n) is 14.3. The van der Waals surface area contributed by atoms with Gasteiger partial charge in [0.05, 0.1) is 11.2 Å². The van der Waals surface area contributed by atoms with Crippen LogP contribution < -0.4 is 15.5 Å². The lowest BCUT2D eigenvalue weighted by atomic mass is 10.1. The van der Waals surface area contributed by atoms with Gasteiger partial charge in [-0.25, -0.2) is 0 Å². The van der Waals surface area contributed by atoms with Gasteiger partial charge in [0.15, 0.2) is 0 Å². The average molecular weight is 333 g/mol. The fourth-order valence-corrected chi connectivity index (χ4v) is 3.26. The van der Waals surface area contributed by atoms with Gasteiger partial charge >= 0.3 is 0 Å². The first-order chi connectivity index (χ1) is 12.4. The highest BCUT2D eigenvalue weighted by Gasteiger charge is 2.09. The zero-order chi connectivity index (χ0) is 16.9. The van der Waals surface area contributed by atoms with Crippen LogP contribution in [0.4, 0.5) is 11.4 Å². The summed E-state index contributed by atoms with van der Waals surface area (Å²) in [5.74, 6) is 0. The molecule has 25 heavy (non-hydrogen) atoms. The molecule has 0 aliphatic carbocycles. The topological polar surface area (TPSA) is 53.1 Å². The monoisotopic (exact) mass is 333 g/mol. The maximum Gasteiger partial charge on any atom is 0.112 e. The fraction of sp³-hybridized carbons (Fsp3) is 0.300. The van der Waals surface area contributed by atoms with Gasteiger partial charge in [-0.1, -0.05) is 12.1 Å². The molecule has 1 fully saturated rings. The second kappa shape index (κ2) is 7.49. The van der Waals surface area contributed by atoms with Crippen LogP contribution in [0, 0.1) is 0 Å². The molecular weight excluding hydrogens is 310 g/mol. The van der Waals surface area contributed by atoms with E-state index in [9.17, 15) is 0 Å². The molecule has 2 aromatic heterocycles. The molecule has 3 heterocycles. The zero-order valence-corrected chi connectivity index (χ0v) is 14.3. The molecule has 1 aliphatic heterocycles. The van der Waals surface area contributed by atoms with Crippen LogP contribution in [0.1, 0.15) is 5.56 Å². The van der Waals surface area contributed by atoms with Gasteiger partial charge in [-0.2, -0.15) is 0 Å². The van der Waals surface area contributed by atoms with E-state index in [1.165, 1.54) is 11.3 Å². The number of hydrogen-bond acceptors (Lipinski definition) is 5. The Bertz CT molecular complexity index is 820. The number of fused-ring (bicyclic) bond motifs is 1. The van der Waals surface area contributed by atoms with Gasteiger partial charge in [0.25, 0.3) is 0 Å². The molecule has 5 nitrogen and oxygen atoms in total. The highest BCUT2D eigenvalue weighted by molar-refractivity contribution is 5.86. The molecule has 1 saturated heterocycles. The van der Waals surface area contributed by atoms with Gasteiger partial charge in [-0.15, -0.1) is 0 Å². The highest BCUT2D eigenvalue weighted by Crippen LogP contribution is 2.19. The average Bonchev–Trinajstić information content (AvgIpc) is 2.69. The van der Waals surface area contributed by atoms with Crippen LogP contribution >= 0.6 is 0 Å². The maximum absolute atomic E-state index is 4.43. The smallest absolute Gasteiger partial charge is 0.112 e. The van der Waals surface area contributed by atoms with Gasteiger partial charge in [0, 0.05) is 50.8 Å². The Morgan fingerprint density at radius 1 is 0.960 bits per heavy atom. The predicted octanol–water partition coefficient (Wildman–Crippen LogP) is 2.69. The second-order valence-electron chi connectivity index (χ2n) is 6.31. The third-order valence-electron chi connectivity index (χ3n) is 4.64. The number of nitrogens with zero attached hydrogens (tertiary/aromatic N) is 3. The predicted molar refractivity (Wildman–Crippen MR) is 103 cm³/mol. The molecule has 0 amide bonds. The number of piperazine rings is 1. The van der Waals surface area contributed by atoms with Crippen molar-refractivity contribution in [1.82, 2.24) is 15.3 Å². The molecule has 0 saturated carbocycles. The minimum atomic E-state index is 0.878. The molecule has 0 atom stereocenters. The quantitative estimate of drug-likeness (QED) is 0.752. The van der Waals surface area contributed by atoms with E-state index in [0.29, 0.717) is 0 Å². The molecule has 3 aromatic rings. The van der Waals surface area contributed by atoms with Crippen molar-refractivity contribution in [3.8, 4) is 0 Å². The number of benzene rings is 1. The molecule has 0 unspecified atom stereocenters. The molecule has 5 heteroatoms. The number of nitrogens with one attached hydrogen (secondary N) is 2. The SMILES string of the molecule is c1cnc2c(NCCc3ccc(N4CCNCC4)cc3)ccnc2c1. The number of aromatic nitrogens is 2. The van der Waals surface area contributed by atoms with E-state index in [2.05, 4.69) is 49.8 Å². The van der Waals surface area contributed by atoms with Crippen LogP contribution in [0.2, 0.25) is 0 Å². The van der Waals surface area contributed by atoms with Crippen molar-refractivity contribution in [2.24, 2.45) is 0 Å². The van der Waals surface area contributed by atoms with E-state index in [-0.39, 0.29) is 0 Å². The van der Waals surface area contributed by atoms with Crippen LogP contribution in [0.25, 0.3) is 11.0 Å². The summed E-state index contributed by atoms with van der Waals surface area (Å²) in [5, 5.41) is 6.89. The first kappa shape index (κ1) is 15.8. The lowest BCUT2D eigenvalue weighted by Gasteiger charge is -2.29. The normalized spacial score (nSPS) is 14.6. The summed E-state index contributed by atoms with van der Waals surface area (Å²) < 4.78 is 0. The Balaban J connectivity index is 1.36. The summed E-state index contributed by atoms with van der Waals surface area (Å²) in [5.41, 5.74) is 5.57. The highest BCUT2D eigenvalue weighted by atomic mass is 15.2. The van der Waals surface area contributed by atoms with E-state index in [4.69, 9.17) is 0 Å². The van der Waals surface area contributed by atoms with Crippen LogP contribution in [0.3, 0.4) is 0 Å². The van der Waals surface area contributed by atoms with E-state index in [1.54, 1.807) is 0 Å². The Hall–Kier alpha value is -2.66. The molecule has 128 valence electrons. The Morgan fingerprint density at radius 2 is 1.80 bits per heavy atom. The van der Waals surface area contributed by atoms with Crippen LogP contribution in [0.5, 0.6) is 0 Å². The first-order valence-corrected chi connectivity index (χ1v) is 8.88. The van der Waals surface area contributed by atoms with E-state index in [1.807, 2.05) is 30.6 Å². The molecule has 0 spiro atoms. The van der Waals surface area contributed by atoms with Crippen LogP contribution in [0.15, 0.2) is 54.9 Å². The Kier molecular flexibility index (Phi) is 4.74. The summed E-state index contributed by atoms with van der Waals surface area (Å²) in [4.78, 5) is 11.2.